The average molecular weight is 475 g/mol. The number of aromatic nitrogens is 5. The van der Waals surface area contributed by atoms with Gasteiger partial charge in [-0.05, 0) is 44.2 Å². The van der Waals surface area contributed by atoms with Crippen LogP contribution in [-0.2, 0) is 13.5 Å². The van der Waals surface area contributed by atoms with Crippen LogP contribution in [0.15, 0.2) is 29.2 Å². The van der Waals surface area contributed by atoms with E-state index < -0.39 is 0 Å². The summed E-state index contributed by atoms with van der Waals surface area (Å²) in [6.45, 7) is 8.30. The lowest BCUT2D eigenvalue weighted by atomic mass is 9.98. The SMILES string of the molecule is CC[C@H]1CN([C@H](C)c2ccc(C3CC3)nc2)[C@H](CC)CN1c1nc(=O)n(C)c2cc(CC#N)nn12. The summed E-state index contributed by atoms with van der Waals surface area (Å²) in [7, 11) is 1.70. The Morgan fingerprint density at radius 2 is 1.94 bits per heavy atom. The number of anilines is 1. The average Bonchev–Trinajstić information content (AvgIpc) is 3.65. The minimum Gasteiger partial charge on any atom is -0.335 e. The van der Waals surface area contributed by atoms with Gasteiger partial charge in [-0.3, -0.25) is 14.5 Å². The van der Waals surface area contributed by atoms with Crippen LogP contribution in [0.25, 0.3) is 5.65 Å². The lowest BCUT2D eigenvalue weighted by Gasteiger charge is -2.48. The third-order valence-corrected chi connectivity index (χ3v) is 7.74. The molecule has 9 heteroatoms. The van der Waals surface area contributed by atoms with Crippen LogP contribution >= 0.6 is 0 Å². The van der Waals surface area contributed by atoms with E-state index in [0.717, 1.165) is 25.9 Å². The van der Waals surface area contributed by atoms with Gasteiger partial charge in [-0.2, -0.15) is 19.9 Å². The molecule has 3 atom stereocenters. The van der Waals surface area contributed by atoms with Crippen molar-refractivity contribution in [3.63, 3.8) is 0 Å². The summed E-state index contributed by atoms with van der Waals surface area (Å²) in [6.07, 6.45) is 6.69. The van der Waals surface area contributed by atoms with E-state index in [9.17, 15) is 4.79 Å². The number of hydrogen-bond acceptors (Lipinski definition) is 7. The Morgan fingerprint density at radius 1 is 1.17 bits per heavy atom. The molecule has 3 aromatic rings. The Kier molecular flexibility index (Phi) is 6.32. The van der Waals surface area contributed by atoms with E-state index in [0.29, 0.717) is 29.2 Å². The lowest BCUT2D eigenvalue weighted by Crippen LogP contribution is -2.59. The monoisotopic (exact) mass is 474 g/mol. The maximum Gasteiger partial charge on any atom is 0.352 e. The zero-order chi connectivity index (χ0) is 24.7. The normalized spacial score (nSPS) is 21.9. The van der Waals surface area contributed by atoms with Crippen LogP contribution in [0, 0.1) is 11.3 Å². The van der Waals surface area contributed by atoms with Crippen LogP contribution in [0.2, 0.25) is 0 Å². The van der Waals surface area contributed by atoms with Crippen molar-refractivity contribution < 1.29 is 0 Å². The lowest BCUT2D eigenvalue weighted by molar-refractivity contribution is 0.0997. The molecule has 0 bridgehead atoms. The van der Waals surface area contributed by atoms with Gasteiger partial charge in [0, 0.05) is 62.1 Å². The van der Waals surface area contributed by atoms with Crippen molar-refractivity contribution in [2.75, 3.05) is 18.0 Å². The smallest absolute Gasteiger partial charge is 0.335 e. The maximum atomic E-state index is 12.7. The highest BCUT2D eigenvalue weighted by atomic mass is 16.1. The quantitative estimate of drug-likeness (QED) is 0.519. The molecule has 0 aromatic carbocycles. The Labute approximate surface area is 206 Å². The number of aryl methyl sites for hydroxylation is 1. The number of pyridine rings is 1. The Morgan fingerprint density at radius 3 is 2.57 bits per heavy atom. The van der Waals surface area contributed by atoms with E-state index in [4.69, 9.17) is 10.2 Å². The molecule has 0 spiro atoms. The largest absolute Gasteiger partial charge is 0.352 e. The molecule has 184 valence electrons. The molecule has 0 N–H and O–H groups in total. The van der Waals surface area contributed by atoms with E-state index in [1.165, 1.54) is 28.7 Å². The molecule has 1 aliphatic carbocycles. The van der Waals surface area contributed by atoms with Gasteiger partial charge in [0.1, 0.15) is 5.65 Å². The van der Waals surface area contributed by atoms with E-state index in [1.807, 2.05) is 6.07 Å². The highest BCUT2D eigenvalue weighted by Gasteiger charge is 2.37. The van der Waals surface area contributed by atoms with Crippen LogP contribution in [0.3, 0.4) is 0 Å². The second-order valence-corrected chi connectivity index (χ2v) is 9.93. The molecule has 1 aliphatic heterocycles. The van der Waals surface area contributed by atoms with Crippen molar-refractivity contribution in [2.24, 2.45) is 7.05 Å². The number of nitrogens with zero attached hydrogens (tertiary/aromatic N) is 8. The molecule has 4 heterocycles. The third-order valence-electron chi connectivity index (χ3n) is 7.74. The minimum absolute atomic E-state index is 0.186. The molecule has 9 nitrogen and oxygen atoms in total. The Bertz CT molecular complexity index is 1300. The molecule has 2 aliphatic rings. The minimum atomic E-state index is -0.309. The fourth-order valence-corrected chi connectivity index (χ4v) is 5.34. The number of fused-ring (bicyclic) bond motifs is 1. The van der Waals surface area contributed by atoms with Gasteiger partial charge in [-0.1, -0.05) is 19.9 Å². The summed E-state index contributed by atoms with van der Waals surface area (Å²) in [5.74, 6) is 1.23. The van der Waals surface area contributed by atoms with Gasteiger partial charge in [0.05, 0.1) is 18.2 Å². The van der Waals surface area contributed by atoms with E-state index in [2.05, 4.69) is 65.1 Å². The van der Waals surface area contributed by atoms with Crippen LogP contribution in [0.4, 0.5) is 5.95 Å². The molecule has 35 heavy (non-hydrogen) atoms. The second-order valence-electron chi connectivity index (χ2n) is 9.93. The molecule has 5 rings (SSSR count). The van der Waals surface area contributed by atoms with Gasteiger partial charge < -0.3 is 4.90 Å². The summed E-state index contributed by atoms with van der Waals surface area (Å²) in [6, 6.07) is 9.15. The highest BCUT2D eigenvalue weighted by Crippen LogP contribution is 2.39. The number of nitriles is 1. The summed E-state index contributed by atoms with van der Waals surface area (Å²) in [5, 5.41) is 13.8. The third kappa shape index (κ3) is 4.31. The van der Waals surface area contributed by atoms with Crippen molar-refractivity contribution >= 4 is 11.6 Å². The molecule has 2 fully saturated rings. The zero-order valence-electron chi connectivity index (χ0n) is 21.1. The summed E-state index contributed by atoms with van der Waals surface area (Å²) >= 11 is 0. The second kappa shape index (κ2) is 9.42. The maximum absolute atomic E-state index is 12.7. The Balaban J connectivity index is 1.46. The fourth-order valence-electron chi connectivity index (χ4n) is 5.34. The molecule has 0 amide bonds. The number of piperazine rings is 1. The van der Waals surface area contributed by atoms with Crippen molar-refractivity contribution in [3.05, 3.63) is 51.8 Å². The molecule has 1 saturated heterocycles. The number of rotatable bonds is 7. The van der Waals surface area contributed by atoms with Gasteiger partial charge in [0.2, 0.25) is 5.95 Å². The van der Waals surface area contributed by atoms with E-state index in [-0.39, 0.29) is 24.2 Å². The molecular formula is C26H34N8O. The van der Waals surface area contributed by atoms with Crippen LogP contribution in [0.5, 0.6) is 0 Å². The van der Waals surface area contributed by atoms with Crippen molar-refractivity contribution in [1.29, 1.82) is 5.26 Å². The highest BCUT2D eigenvalue weighted by molar-refractivity contribution is 5.48. The molecule has 0 radical (unpaired) electrons. The molecule has 0 unspecified atom stereocenters. The predicted molar refractivity (Wildman–Crippen MR) is 134 cm³/mol. The summed E-state index contributed by atoms with van der Waals surface area (Å²) < 4.78 is 3.23. The number of hydrogen-bond donors (Lipinski definition) is 0. The summed E-state index contributed by atoms with van der Waals surface area (Å²) in [4.78, 5) is 26.8. The molecule has 3 aromatic heterocycles. The first-order valence-electron chi connectivity index (χ1n) is 12.8. The van der Waals surface area contributed by atoms with Crippen molar-refractivity contribution in [1.82, 2.24) is 29.0 Å². The molecule has 1 saturated carbocycles. The van der Waals surface area contributed by atoms with E-state index in [1.54, 1.807) is 11.6 Å². The van der Waals surface area contributed by atoms with Crippen LogP contribution in [0.1, 0.15) is 75.4 Å². The van der Waals surface area contributed by atoms with Crippen LogP contribution in [-0.4, -0.2) is 54.2 Å². The Hall–Kier alpha value is -3.25. The van der Waals surface area contributed by atoms with Crippen LogP contribution < -0.4 is 10.6 Å². The van der Waals surface area contributed by atoms with Gasteiger partial charge in [-0.25, -0.2) is 4.79 Å². The van der Waals surface area contributed by atoms with Gasteiger partial charge >= 0.3 is 5.69 Å². The fraction of sp³-hybridized carbons (Fsp3) is 0.577. The summed E-state index contributed by atoms with van der Waals surface area (Å²) in [5.41, 5.74) is 3.46. The van der Waals surface area contributed by atoms with Gasteiger partial charge in [0.15, 0.2) is 0 Å². The van der Waals surface area contributed by atoms with Crippen molar-refractivity contribution in [3.8, 4) is 6.07 Å². The topological polar surface area (TPSA) is 95.4 Å². The standard InChI is InChI=1S/C26H34N8O/c1-5-21-16-33(25-29-26(35)31(4)24-13-20(11-12-27)30-34(24)25)22(6-2)15-32(21)17(3)19-9-10-23(28-14-19)18-7-8-18/h9-10,13-14,17-18,21-22H,5-8,11,15-16H2,1-4H3/t17-,21-,22+/m1/s1. The van der Waals surface area contributed by atoms with Crippen molar-refractivity contribution in [2.45, 2.75) is 76.9 Å². The first-order valence-corrected chi connectivity index (χ1v) is 12.8. The van der Waals surface area contributed by atoms with Gasteiger partial charge in [-0.15, -0.1) is 0 Å². The van der Waals surface area contributed by atoms with E-state index >= 15 is 0 Å². The van der Waals surface area contributed by atoms with Gasteiger partial charge in [0.25, 0.3) is 0 Å². The molecular weight excluding hydrogens is 440 g/mol. The first-order chi connectivity index (χ1) is 16.9. The first kappa shape index (κ1) is 23.5. The zero-order valence-corrected chi connectivity index (χ0v) is 21.1. The predicted octanol–water partition coefficient (Wildman–Crippen LogP) is 3.21.